The van der Waals surface area contributed by atoms with Crippen molar-refractivity contribution in [2.45, 2.75) is 31.2 Å². The average molecular weight is 452 g/mol. The summed E-state index contributed by atoms with van der Waals surface area (Å²) in [5, 5.41) is 17.7. The molecule has 1 aromatic heterocycles. The highest BCUT2D eigenvalue weighted by molar-refractivity contribution is 6.15. The Morgan fingerprint density at radius 1 is 1.10 bits per heavy atom. The summed E-state index contributed by atoms with van der Waals surface area (Å²) in [6.45, 7) is 0.473. The van der Waals surface area contributed by atoms with Crippen molar-refractivity contribution in [3.63, 3.8) is 0 Å². The van der Waals surface area contributed by atoms with Crippen LogP contribution in [-0.4, -0.2) is 59.2 Å². The minimum absolute atomic E-state index is 0.275. The van der Waals surface area contributed by atoms with Crippen molar-refractivity contribution in [1.82, 2.24) is 4.90 Å². The highest BCUT2D eigenvalue weighted by Gasteiger charge is 2.38. The van der Waals surface area contributed by atoms with E-state index in [1.165, 1.54) is 30.7 Å². The molecule has 31 heavy (non-hydrogen) atoms. The molecule has 9 heteroatoms. The van der Waals surface area contributed by atoms with Crippen LogP contribution in [0, 0.1) is 0 Å². The maximum Gasteiger partial charge on any atom is 0.407 e. The number of alkyl halides is 1. The second-order valence-electron chi connectivity index (χ2n) is 6.55. The largest absolute Gasteiger partial charge is 0.477 e. The molecular weight excluding hydrogens is 424 g/mol. The summed E-state index contributed by atoms with van der Waals surface area (Å²) in [5.41, 5.74) is 1.08. The van der Waals surface area contributed by atoms with Crippen molar-refractivity contribution < 1.29 is 34.3 Å². The fraction of sp³-hybridized carbons (Fsp3) is 0.364. The molecule has 0 radical (unpaired) electrons. The van der Waals surface area contributed by atoms with Crippen LogP contribution < -0.4 is 4.98 Å². The first-order valence-corrected chi connectivity index (χ1v) is 10.4. The number of ether oxygens (including phenoxy) is 1. The number of methoxy groups -OCH3 is 1. The Morgan fingerprint density at radius 3 is 2.26 bits per heavy atom. The van der Waals surface area contributed by atoms with Crippen LogP contribution in [0.5, 0.6) is 0 Å². The summed E-state index contributed by atoms with van der Waals surface area (Å²) in [7, 11) is 1.34. The van der Waals surface area contributed by atoms with Gasteiger partial charge < -0.3 is 19.8 Å². The number of aromatic amines is 1. The van der Waals surface area contributed by atoms with Gasteiger partial charge in [-0.3, -0.25) is 4.79 Å². The first-order chi connectivity index (χ1) is 15.0. The second-order valence-corrected chi connectivity index (χ2v) is 6.55. The van der Waals surface area contributed by atoms with Crippen molar-refractivity contribution >= 4 is 29.6 Å². The number of H-pyrrole nitrogens is 1. The van der Waals surface area contributed by atoms with Gasteiger partial charge in [0.05, 0.1) is 13.2 Å². The molecule has 168 valence electrons. The minimum Gasteiger partial charge on any atom is -0.477 e. The topological polar surface area (TPSA) is 118 Å². The summed E-state index contributed by atoms with van der Waals surface area (Å²) in [5.74, 6) is -1.85. The van der Waals surface area contributed by atoms with Crippen LogP contribution in [0.25, 0.3) is 0 Å². The Hall–Kier alpha value is -3.13. The lowest BCUT2D eigenvalue weighted by Crippen LogP contribution is -2.48. The number of hydrogen-bond donors (Lipinski definition) is 2. The summed E-state index contributed by atoms with van der Waals surface area (Å²) in [6.07, 6.45) is 6.04. The van der Waals surface area contributed by atoms with Crippen LogP contribution in [0.1, 0.15) is 41.1 Å². The molecule has 1 saturated heterocycles. The van der Waals surface area contributed by atoms with Crippen LogP contribution in [0.15, 0.2) is 54.9 Å². The summed E-state index contributed by atoms with van der Waals surface area (Å²) >= 11 is 4.64. The summed E-state index contributed by atoms with van der Waals surface area (Å²) in [6, 6.07) is 12.1. The number of esters is 1. The predicted octanol–water partition coefficient (Wildman–Crippen LogP) is 3.53. The maximum atomic E-state index is 12.1. The van der Waals surface area contributed by atoms with E-state index in [0.717, 1.165) is 18.4 Å². The van der Waals surface area contributed by atoms with E-state index in [-0.39, 0.29) is 17.6 Å². The quantitative estimate of drug-likeness (QED) is 0.542. The second kappa shape index (κ2) is 14.0. The molecule has 3 rings (SSSR count). The first-order valence-electron chi connectivity index (χ1n) is 9.65. The number of nitrogens with one attached hydrogen (secondary N) is 1. The molecule has 1 aliphatic heterocycles. The molecule has 8 nitrogen and oxygen atoms in total. The molecule has 2 heterocycles. The number of pyridine rings is 1. The van der Waals surface area contributed by atoms with Gasteiger partial charge in [0.2, 0.25) is 0 Å². The number of rotatable bonds is 4. The van der Waals surface area contributed by atoms with Crippen LogP contribution in [0.3, 0.4) is 0 Å². The predicted molar refractivity (Wildman–Crippen MR) is 115 cm³/mol. The van der Waals surface area contributed by atoms with Gasteiger partial charge in [-0.05, 0) is 30.9 Å². The van der Waals surface area contributed by atoms with Gasteiger partial charge in [-0.1, -0.05) is 30.3 Å². The third-order valence-corrected chi connectivity index (χ3v) is 4.75. The fourth-order valence-electron chi connectivity index (χ4n) is 3.37. The number of carboxylic acid groups (broad SMARTS) is 2. The van der Waals surface area contributed by atoms with E-state index in [9.17, 15) is 19.5 Å². The lowest BCUT2D eigenvalue weighted by molar-refractivity contribution is -0.378. The van der Waals surface area contributed by atoms with Crippen molar-refractivity contribution in [3.8, 4) is 0 Å². The number of carbonyl (C=O) groups excluding carboxylic acids is 1. The minimum atomic E-state index is -0.973. The molecule has 1 aromatic carbocycles. The number of aromatic nitrogens is 1. The van der Waals surface area contributed by atoms with Gasteiger partial charge in [-0.25, -0.2) is 14.6 Å². The van der Waals surface area contributed by atoms with Gasteiger partial charge in [0.15, 0.2) is 12.4 Å². The summed E-state index contributed by atoms with van der Waals surface area (Å²) in [4.78, 5) is 37.7. The molecule has 2 aromatic rings. The zero-order chi connectivity index (χ0) is 23.2. The van der Waals surface area contributed by atoms with Gasteiger partial charge in [0, 0.05) is 19.0 Å². The smallest absolute Gasteiger partial charge is 0.407 e. The van der Waals surface area contributed by atoms with E-state index in [2.05, 4.69) is 16.6 Å². The molecule has 0 bridgehead atoms. The maximum absolute atomic E-state index is 12.1. The number of nitrogens with zero attached hydrogens (tertiary/aromatic N) is 1. The highest BCUT2D eigenvalue weighted by atomic mass is 35.5. The number of piperidine rings is 1. The van der Waals surface area contributed by atoms with Crippen molar-refractivity contribution in [2.75, 3.05) is 20.0 Å². The molecule has 1 fully saturated rings. The third kappa shape index (κ3) is 7.90. The highest BCUT2D eigenvalue weighted by Crippen LogP contribution is 2.31. The van der Waals surface area contributed by atoms with Gasteiger partial charge in [-0.15, -0.1) is 11.6 Å². The molecule has 0 saturated carbocycles. The molecule has 2 unspecified atom stereocenters. The van der Waals surface area contributed by atoms with Crippen molar-refractivity contribution in [2.24, 2.45) is 0 Å². The number of benzene rings is 1. The monoisotopic (exact) mass is 451 g/mol. The number of amides is 1. The Balaban J connectivity index is 0.000000365. The fourth-order valence-corrected chi connectivity index (χ4v) is 3.37. The SMILES string of the molecule is CCl.COC(=O)C(c1ccccc1)C1CCCCN1C(=O)O.O=C(O)c1ccc[nH+]c1. The molecule has 1 amide bonds. The van der Waals surface area contributed by atoms with E-state index in [0.29, 0.717) is 13.0 Å². The molecule has 2 atom stereocenters. The Bertz CT molecular complexity index is 819. The first kappa shape index (κ1) is 25.9. The standard InChI is InChI=1S/C15H19NO4.C6H5NO2.CH3Cl/c1-20-14(17)13(11-7-3-2-4-8-11)12-9-5-6-10-16(12)15(18)19;8-6(9)5-2-1-3-7-4-5;1-2/h2-4,7-8,12-13H,5-6,9-10H2,1H3,(H,18,19);1-4H,(H,8,9);1H3/p+1. The third-order valence-electron chi connectivity index (χ3n) is 4.75. The Kier molecular flexibility index (Phi) is 11.7. The van der Waals surface area contributed by atoms with E-state index in [4.69, 9.17) is 9.84 Å². The lowest BCUT2D eigenvalue weighted by atomic mass is 9.85. The molecule has 0 aliphatic carbocycles. The Labute approximate surface area is 186 Å². The molecular formula is C22H28ClN2O6+. The normalized spacial score (nSPS) is 15.8. The number of aromatic carboxylic acids is 1. The van der Waals surface area contributed by atoms with Crippen molar-refractivity contribution in [3.05, 3.63) is 66.0 Å². The number of carbonyl (C=O) groups is 3. The Morgan fingerprint density at radius 2 is 1.77 bits per heavy atom. The number of hydrogen-bond acceptors (Lipinski definition) is 4. The van der Waals surface area contributed by atoms with E-state index < -0.39 is 18.0 Å². The zero-order valence-corrected chi connectivity index (χ0v) is 18.3. The lowest BCUT2D eigenvalue weighted by Gasteiger charge is -2.37. The molecule has 0 spiro atoms. The van der Waals surface area contributed by atoms with E-state index >= 15 is 0 Å². The van der Waals surface area contributed by atoms with Crippen LogP contribution in [-0.2, 0) is 9.53 Å². The van der Waals surface area contributed by atoms with Crippen LogP contribution in [0.4, 0.5) is 4.79 Å². The van der Waals surface area contributed by atoms with E-state index in [1.54, 1.807) is 12.3 Å². The van der Waals surface area contributed by atoms with Crippen LogP contribution in [0.2, 0.25) is 0 Å². The molecule has 3 N–H and O–H groups in total. The summed E-state index contributed by atoms with van der Waals surface area (Å²) < 4.78 is 4.89. The number of halogens is 1. The zero-order valence-electron chi connectivity index (χ0n) is 17.5. The van der Waals surface area contributed by atoms with Gasteiger partial charge in [-0.2, -0.15) is 0 Å². The molecule has 1 aliphatic rings. The average Bonchev–Trinajstić information content (AvgIpc) is 2.82. The van der Waals surface area contributed by atoms with Crippen LogP contribution >= 0.6 is 11.6 Å². The van der Waals surface area contributed by atoms with Gasteiger partial charge >= 0.3 is 18.0 Å². The van der Waals surface area contributed by atoms with Gasteiger partial charge in [0.1, 0.15) is 11.5 Å². The van der Waals surface area contributed by atoms with Crippen molar-refractivity contribution in [1.29, 1.82) is 0 Å². The number of carboxylic acids is 1. The number of likely N-dealkylation sites (tertiary alicyclic amines) is 1. The van der Waals surface area contributed by atoms with Gasteiger partial charge in [0.25, 0.3) is 0 Å². The van der Waals surface area contributed by atoms with E-state index in [1.807, 2.05) is 30.3 Å².